The van der Waals surface area contributed by atoms with Crippen molar-refractivity contribution in [1.29, 1.82) is 0 Å². The molecule has 0 aliphatic heterocycles. The number of likely N-dealkylation sites (N-methyl/N-ethyl adjacent to an activating group) is 2. The quantitative estimate of drug-likeness (QED) is 0.137. The number of carbonyl (C=O) groups excluding carboxylic acids is 3. The Bertz CT molecular complexity index is 1250. The second-order valence-electron chi connectivity index (χ2n) is 13.6. The van der Waals surface area contributed by atoms with E-state index < -0.39 is 18.1 Å². The molecule has 2 amide bonds. The van der Waals surface area contributed by atoms with E-state index in [1.165, 1.54) is 19.3 Å². The molecule has 0 unspecified atom stereocenters. The number of esters is 1. The lowest BCUT2D eigenvalue weighted by Gasteiger charge is -2.31. The van der Waals surface area contributed by atoms with Gasteiger partial charge in [-0.2, -0.15) is 0 Å². The fraction of sp³-hybridized carbons (Fsp3) is 0.615. The number of hydrogen-bond acceptors (Lipinski definition) is 8. The topological polar surface area (TPSA) is 103 Å². The zero-order valence-corrected chi connectivity index (χ0v) is 30.6. The maximum Gasteiger partial charge on any atom is 0.332 e. The third-order valence-corrected chi connectivity index (χ3v) is 8.97. The Morgan fingerprint density at radius 3 is 2.20 bits per heavy atom. The van der Waals surface area contributed by atoms with Crippen molar-refractivity contribution in [2.24, 2.45) is 0 Å². The summed E-state index contributed by atoms with van der Waals surface area (Å²) >= 11 is 0. The van der Waals surface area contributed by atoms with E-state index in [1.54, 1.807) is 24.3 Å². The van der Waals surface area contributed by atoms with E-state index in [1.807, 2.05) is 56.4 Å². The van der Waals surface area contributed by atoms with Crippen LogP contribution in [0, 0.1) is 0 Å². The Morgan fingerprint density at radius 2 is 1.53 bits per heavy atom. The molecule has 0 heterocycles. The van der Waals surface area contributed by atoms with Gasteiger partial charge in [0, 0.05) is 56.4 Å². The van der Waals surface area contributed by atoms with Crippen molar-refractivity contribution < 1.29 is 23.9 Å². The van der Waals surface area contributed by atoms with Gasteiger partial charge in [0.25, 0.3) is 11.8 Å². The lowest BCUT2D eigenvalue weighted by Crippen LogP contribution is -2.52. The molecule has 3 rings (SSSR count). The van der Waals surface area contributed by atoms with Crippen molar-refractivity contribution in [2.45, 2.75) is 83.4 Å². The summed E-state index contributed by atoms with van der Waals surface area (Å²) in [5.74, 6) is -0.853. The zero-order valence-electron chi connectivity index (χ0n) is 30.6. The van der Waals surface area contributed by atoms with Gasteiger partial charge < -0.3 is 34.8 Å². The fourth-order valence-electron chi connectivity index (χ4n) is 6.14. The highest BCUT2D eigenvalue weighted by Crippen LogP contribution is 2.19. The minimum absolute atomic E-state index is 0.0773. The predicted octanol–water partition coefficient (Wildman–Crippen LogP) is 4.63. The SMILES string of the molecule is CCCN(CCC)C(=O)c1cccc(C(=O)N[C@@H](Cc2ccccc2)[C@@H](CNC2CCCCC2)OC(=O)COCCN(C)CCN(C)C)c1. The van der Waals surface area contributed by atoms with Gasteiger partial charge >= 0.3 is 5.97 Å². The van der Waals surface area contributed by atoms with Gasteiger partial charge in [0.05, 0.1) is 12.6 Å². The van der Waals surface area contributed by atoms with Crippen LogP contribution in [0.5, 0.6) is 0 Å². The van der Waals surface area contributed by atoms with E-state index in [9.17, 15) is 14.4 Å². The van der Waals surface area contributed by atoms with Crippen LogP contribution in [-0.2, 0) is 20.7 Å². The first-order valence-electron chi connectivity index (χ1n) is 18.3. The first-order valence-corrected chi connectivity index (χ1v) is 18.3. The van der Waals surface area contributed by atoms with Crippen molar-refractivity contribution in [1.82, 2.24) is 25.3 Å². The molecule has 2 N–H and O–H groups in total. The van der Waals surface area contributed by atoms with Crippen molar-refractivity contribution in [3.05, 3.63) is 71.3 Å². The van der Waals surface area contributed by atoms with Gasteiger partial charge in [-0.25, -0.2) is 4.79 Å². The molecule has 0 bridgehead atoms. The molecule has 2 atom stereocenters. The maximum absolute atomic E-state index is 13.9. The largest absolute Gasteiger partial charge is 0.457 e. The molecule has 272 valence electrons. The van der Waals surface area contributed by atoms with E-state index in [2.05, 4.69) is 34.3 Å². The minimum atomic E-state index is -0.639. The average molecular weight is 680 g/mol. The van der Waals surface area contributed by atoms with Gasteiger partial charge in [-0.05, 0) is 77.0 Å². The number of nitrogens with one attached hydrogen (secondary N) is 2. The number of carbonyl (C=O) groups is 3. The molecule has 10 heteroatoms. The minimum Gasteiger partial charge on any atom is -0.457 e. The summed E-state index contributed by atoms with van der Waals surface area (Å²) in [4.78, 5) is 46.6. The summed E-state index contributed by atoms with van der Waals surface area (Å²) in [5, 5.41) is 6.84. The third-order valence-electron chi connectivity index (χ3n) is 8.97. The van der Waals surface area contributed by atoms with E-state index >= 15 is 0 Å². The second kappa shape index (κ2) is 22.4. The molecule has 0 aromatic heterocycles. The highest BCUT2D eigenvalue weighted by Gasteiger charge is 2.29. The van der Waals surface area contributed by atoms with Crippen LogP contribution in [0.3, 0.4) is 0 Å². The van der Waals surface area contributed by atoms with E-state index in [-0.39, 0.29) is 18.4 Å². The first-order chi connectivity index (χ1) is 23.7. The van der Waals surface area contributed by atoms with Gasteiger partial charge in [-0.1, -0.05) is 69.5 Å². The van der Waals surface area contributed by atoms with Gasteiger partial charge in [0.1, 0.15) is 12.7 Å². The van der Waals surface area contributed by atoms with Gasteiger partial charge in [0.2, 0.25) is 0 Å². The third kappa shape index (κ3) is 15.0. The standard InChI is InChI=1S/C39H61N5O5/c1-6-21-44(22-7-2)39(47)33-18-14-17-32(28-33)38(46)41-35(27-31-15-10-8-11-16-31)36(29-40-34-19-12-9-13-20-34)49-37(45)30-48-26-25-43(5)24-23-42(3)4/h8,10-11,14-18,28,34-36,40H,6-7,9,12-13,19-27,29-30H2,1-5H3,(H,41,46)/t35-,36+/m0/s1. The molecule has 2 aromatic rings. The summed E-state index contributed by atoms with van der Waals surface area (Å²) in [7, 11) is 6.12. The highest BCUT2D eigenvalue weighted by atomic mass is 16.6. The Kier molecular flexibility index (Phi) is 18.4. The van der Waals surface area contributed by atoms with Crippen LogP contribution in [0.4, 0.5) is 0 Å². The summed E-state index contributed by atoms with van der Waals surface area (Å²) in [6.45, 7) is 8.65. The zero-order chi connectivity index (χ0) is 35.4. The fourth-order valence-corrected chi connectivity index (χ4v) is 6.14. The molecule has 10 nitrogen and oxygen atoms in total. The lowest BCUT2D eigenvalue weighted by molar-refractivity contribution is -0.156. The second-order valence-corrected chi connectivity index (χ2v) is 13.6. The predicted molar refractivity (Wildman–Crippen MR) is 196 cm³/mol. The molecule has 49 heavy (non-hydrogen) atoms. The Balaban J connectivity index is 1.77. The van der Waals surface area contributed by atoms with E-state index in [0.29, 0.717) is 56.4 Å². The van der Waals surface area contributed by atoms with Crippen molar-refractivity contribution >= 4 is 17.8 Å². The van der Waals surface area contributed by atoms with Crippen LogP contribution in [0.15, 0.2) is 54.6 Å². The monoisotopic (exact) mass is 679 g/mol. The first kappa shape index (κ1) is 40.1. The smallest absolute Gasteiger partial charge is 0.332 e. The molecule has 1 aliphatic carbocycles. The van der Waals surface area contributed by atoms with Crippen molar-refractivity contribution in [3.63, 3.8) is 0 Å². The summed E-state index contributed by atoms with van der Waals surface area (Å²) in [6, 6.07) is 16.6. The number of benzene rings is 2. The van der Waals surface area contributed by atoms with Crippen molar-refractivity contribution in [3.8, 4) is 0 Å². The molecular formula is C39H61N5O5. The maximum atomic E-state index is 13.9. The summed E-state index contributed by atoms with van der Waals surface area (Å²) in [5.41, 5.74) is 1.90. The molecule has 0 radical (unpaired) electrons. The average Bonchev–Trinajstić information content (AvgIpc) is 3.11. The van der Waals surface area contributed by atoms with Crippen LogP contribution in [0.2, 0.25) is 0 Å². The lowest BCUT2D eigenvalue weighted by atomic mass is 9.94. The van der Waals surface area contributed by atoms with Crippen molar-refractivity contribution in [2.75, 3.05) is 73.6 Å². The van der Waals surface area contributed by atoms with Gasteiger partial charge in [0.15, 0.2) is 0 Å². The summed E-state index contributed by atoms with van der Waals surface area (Å²) in [6.07, 6.45) is 7.29. The van der Waals surface area contributed by atoms with Crippen LogP contribution in [0.1, 0.15) is 85.1 Å². The Morgan fingerprint density at radius 1 is 0.837 bits per heavy atom. The number of rotatable bonds is 22. The molecule has 0 spiro atoms. The molecule has 2 aromatic carbocycles. The van der Waals surface area contributed by atoms with Gasteiger partial charge in [-0.15, -0.1) is 0 Å². The number of nitrogens with zero attached hydrogens (tertiary/aromatic N) is 3. The van der Waals surface area contributed by atoms with Crippen LogP contribution >= 0.6 is 0 Å². The van der Waals surface area contributed by atoms with Gasteiger partial charge in [-0.3, -0.25) is 9.59 Å². The molecule has 0 saturated heterocycles. The Labute approximate surface area is 294 Å². The molecule has 1 fully saturated rings. The number of hydrogen-bond donors (Lipinski definition) is 2. The highest BCUT2D eigenvalue weighted by molar-refractivity contribution is 5.99. The Hall–Kier alpha value is -3.31. The normalized spacial score (nSPS) is 14.8. The van der Waals surface area contributed by atoms with Crippen LogP contribution in [-0.4, -0.2) is 124 Å². The summed E-state index contributed by atoms with van der Waals surface area (Å²) < 4.78 is 11.9. The van der Waals surface area contributed by atoms with Crippen LogP contribution in [0.25, 0.3) is 0 Å². The number of amides is 2. The number of ether oxygens (including phenoxy) is 2. The van der Waals surface area contributed by atoms with Crippen LogP contribution < -0.4 is 10.6 Å². The molecule has 1 aliphatic rings. The molecular weight excluding hydrogens is 618 g/mol. The molecule has 1 saturated carbocycles. The van der Waals surface area contributed by atoms with E-state index in [0.717, 1.165) is 44.3 Å². The van der Waals surface area contributed by atoms with E-state index in [4.69, 9.17) is 9.47 Å².